The minimum absolute atomic E-state index is 0.0412. The summed E-state index contributed by atoms with van der Waals surface area (Å²) in [6, 6.07) is 19.8. The van der Waals surface area contributed by atoms with Crippen molar-refractivity contribution >= 4 is 23.4 Å². The third-order valence-corrected chi connectivity index (χ3v) is 5.96. The minimum Gasteiger partial charge on any atom is -0.325 e. The van der Waals surface area contributed by atoms with Crippen LogP contribution in [0.4, 0.5) is 10.1 Å². The molecule has 0 unspecified atom stereocenters. The number of hydrogen-bond acceptors (Lipinski definition) is 5. The van der Waals surface area contributed by atoms with Gasteiger partial charge in [0.25, 0.3) is 0 Å². The number of aromatic nitrogens is 4. The number of tetrazole rings is 1. The van der Waals surface area contributed by atoms with Crippen LogP contribution in [0.5, 0.6) is 0 Å². The third-order valence-electron chi connectivity index (χ3n) is 4.77. The molecule has 0 spiro atoms. The first-order valence-corrected chi connectivity index (χ1v) is 11.3. The maximum absolute atomic E-state index is 13.2. The van der Waals surface area contributed by atoms with Crippen molar-refractivity contribution in [3.63, 3.8) is 0 Å². The van der Waals surface area contributed by atoms with Gasteiger partial charge in [-0.15, -0.1) is 22.0 Å². The second-order valence-corrected chi connectivity index (χ2v) is 10.4. The predicted octanol–water partition coefficient (Wildman–Crippen LogP) is 5.74. The van der Waals surface area contributed by atoms with Gasteiger partial charge in [-0.3, -0.25) is 4.79 Å². The number of amides is 1. The second-order valence-electron chi connectivity index (χ2n) is 8.56. The normalized spacial score (nSPS) is 11.4. The topological polar surface area (TPSA) is 83.6 Å². The number of halogens is 1. The molecule has 0 aliphatic heterocycles. The van der Waals surface area contributed by atoms with Gasteiger partial charge in [0.1, 0.15) is 5.82 Å². The van der Waals surface area contributed by atoms with Crippen LogP contribution >= 0.6 is 11.8 Å². The Morgan fingerprint density at radius 3 is 2.42 bits per heavy atom. The number of H-pyrrole nitrogens is 1. The molecule has 1 aromatic heterocycles. The Balaban J connectivity index is 1.68. The van der Waals surface area contributed by atoms with E-state index >= 15 is 0 Å². The minimum atomic E-state index is -0.323. The monoisotopic (exact) mass is 461 g/mol. The van der Waals surface area contributed by atoms with Gasteiger partial charge in [0.05, 0.1) is 12.1 Å². The molecule has 8 heteroatoms. The summed E-state index contributed by atoms with van der Waals surface area (Å²) in [7, 11) is 0. The van der Waals surface area contributed by atoms with E-state index in [0.717, 1.165) is 32.8 Å². The van der Waals surface area contributed by atoms with E-state index in [4.69, 9.17) is 0 Å². The molecule has 0 bridgehead atoms. The molecule has 4 rings (SSSR count). The van der Waals surface area contributed by atoms with Crippen LogP contribution in [0, 0.1) is 5.82 Å². The molecular formula is C25H24FN5OS. The molecular weight excluding hydrogens is 437 g/mol. The second kappa shape index (κ2) is 9.54. The fourth-order valence-electron chi connectivity index (χ4n) is 3.40. The van der Waals surface area contributed by atoms with Crippen LogP contribution in [0.3, 0.4) is 0 Å². The van der Waals surface area contributed by atoms with Crippen molar-refractivity contribution in [2.45, 2.75) is 36.8 Å². The highest BCUT2D eigenvalue weighted by atomic mass is 32.2. The standard InChI is InChI=1S/C25H24FN5OS/c1-25(2,3)33-22-13-10-17(19-6-4-5-7-20(19)24-28-30-31-29-24)15-21(22)27-23(32)14-16-8-11-18(26)12-9-16/h4-13,15H,14H2,1-3H3,(H,27,32)(H,28,29,30,31). The number of nitrogens with one attached hydrogen (secondary N) is 2. The number of benzene rings is 3. The maximum Gasteiger partial charge on any atom is 0.228 e. The first kappa shape index (κ1) is 22.7. The van der Waals surface area contributed by atoms with Crippen molar-refractivity contribution in [3.8, 4) is 22.5 Å². The zero-order chi connectivity index (χ0) is 23.4. The van der Waals surface area contributed by atoms with Crippen LogP contribution in [-0.2, 0) is 11.2 Å². The molecule has 6 nitrogen and oxygen atoms in total. The summed E-state index contributed by atoms with van der Waals surface area (Å²) in [5.74, 6) is 0.0117. The smallest absolute Gasteiger partial charge is 0.228 e. The van der Waals surface area contributed by atoms with Crippen LogP contribution in [0.25, 0.3) is 22.5 Å². The Bertz CT molecular complexity index is 1250. The molecule has 0 atom stereocenters. The van der Waals surface area contributed by atoms with Crippen LogP contribution in [0.15, 0.2) is 71.6 Å². The highest BCUT2D eigenvalue weighted by molar-refractivity contribution is 8.00. The van der Waals surface area contributed by atoms with Crippen LogP contribution in [-0.4, -0.2) is 31.3 Å². The molecule has 0 radical (unpaired) electrons. The van der Waals surface area contributed by atoms with Gasteiger partial charge in [-0.1, -0.05) is 63.2 Å². The number of carbonyl (C=O) groups excluding carboxylic acids is 1. The summed E-state index contributed by atoms with van der Waals surface area (Å²) < 4.78 is 13.2. The van der Waals surface area contributed by atoms with Crippen molar-refractivity contribution in [1.29, 1.82) is 0 Å². The number of hydrogen-bond donors (Lipinski definition) is 2. The molecule has 0 aliphatic rings. The molecule has 2 N–H and O–H groups in total. The summed E-state index contributed by atoms with van der Waals surface area (Å²) in [5, 5.41) is 17.4. The van der Waals surface area contributed by atoms with Gasteiger partial charge in [-0.05, 0) is 46.2 Å². The van der Waals surface area contributed by atoms with E-state index in [1.54, 1.807) is 23.9 Å². The summed E-state index contributed by atoms with van der Waals surface area (Å²) in [6.45, 7) is 6.38. The third kappa shape index (κ3) is 5.84. The van der Waals surface area contributed by atoms with Crippen molar-refractivity contribution in [3.05, 3.63) is 78.1 Å². The molecule has 168 valence electrons. The van der Waals surface area contributed by atoms with Gasteiger partial charge in [-0.2, -0.15) is 5.21 Å². The first-order chi connectivity index (χ1) is 15.8. The van der Waals surface area contributed by atoms with Crippen molar-refractivity contribution in [2.24, 2.45) is 0 Å². The van der Waals surface area contributed by atoms with Crippen molar-refractivity contribution < 1.29 is 9.18 Å². The lowest BCUT2D eigenvalue weighted by atomic mass is 9.99. The van der Waals surface area contributed by atoms with Gasteiger partial charge < -0.3 is 5.32 Å². The van der Waals surface area contributed by atoms with Crippen molar-refractivity contribution in [1.82, 2.24) is 20.6 Å². The quantitative estimate of drug-likeness (QED) is 0.358. The molecule has 0 saturated carbocycles. The average Bonchev–Trinajstić information content (AvgIpc) is 3.30. The molecule has 4 aromatic rings. The first-order valence-electron chi connectivity index (χ1n) is 10.5. The molecule has 33 heavy (non-hydrogen) atoms. The Hall–Kier alpha value is -3.52. The fourth-order valence-corrected chi connectivity index (χ4v) is 4.42. The zero-order valence-corrected chi connectivity index (χ0v) is 19.4. The lowest BCUT2D eigenvalue weighted by molar-refractivity contribution is -0.115. The largest absolute Gasteiger partial charge is 0.325 e. The summed E-state index contributed by atoms with van der Waals surface area (Å²) in [5.41, 5.74) is 4.16. The van der Waals surface area contributed by atoms with Crippen molar-refractivity contribution in [2.75, 3.05) is 5.32 Å². The van der Waals surface area contributed by atoms with Crippen LogP contribution < -0.4 is 5.32 Å². The molecule has 1 amide bonds. The van der Waals surface area contributed by atoms with Crippen LogP contribution in [0.2, 0.25) is 0 Å². The molecule has 1 heterocycles. The predicted molar refractivity (Wildman–Crippen MR) is 129 cm³/mol. The molecule has 0 saturated heterocycles. The van der Waals surface area contributed by atoms with Gasteiger partial charge in [0, 0.05) is 15.2 Å². The van der Waals surface area contributed by atoms with Gasteiger partial charge in [0.15, 0.2) is 0 Å². The molecule has 0 fully saturated rings. The van der Waals surface area contributed by atoms with Gasteiger partial charge in [-0.25, -0.2) is 4.39 Å². The number of aromatic amines is 1. The number of carbonyl (C=O) groups is 1. The average molecular weight is 462 g/mol. The summed E-state index contributed by atoms with van der Waals surface area (Å²) in [6.07, 6.45) is 0.156. The fraction of sp³-hybridized carbons (Fsp3) is 0.200. The SMILES string of the molecule is CC(C)(C)Sc1ccc(-c2ccccc2-c2nn[nH]n2)cc1NC(=O)Cc1ccc(F)cc1. The van der Waals surface area contributed by atoms with E-state index in [9.17, 15) is 9.18 Å². The Morgan fingerprint density at radius 2 is 1.76 bits per heavy atom. The number of nitrogens with zero attached hydrogens (tertiary/aromatic N) is 3. The summed E-state index contributed by atoms with van der Waals surface area (Å²) in [4.78, 5) is 13.8. The highest BCUT2D eigenvalue weighted by Gasteiger charge is 2.18. The lowest BCUT2D eigenvalue weighted by Gasteiger charge is -2.21. The van der Waals surface area contributed by atoms with E-state index < -0.39 is 0 Å². The zero-order valence-electron chi connectivity index (χ0n) is 18.6. The Morgan fingerprint density at radius 1 is 1.03 bits per heavy atom. The maximum atomic E-state index is 13.2. The highest BCUT2D eigenvalue weighted by Crippen LogP contribution is 2.40. The van der Waals surface area contributed by atoms with E-state index in [1.807, 2.05) is 42.5 Å². The summed E-state index contributed by atoms with van der Waals surface area (Å²) >= 11 is 1.68. The van der Waals surface area contributed by atoms with E-state index in [1.165, 1.54) is 12.1 Å². The van der Waals surface area contributed by atoms with E-state index in [0.29, 0.717) is 5.82 Å². The lowest BCUT2D eigenvalue weighted by Crippen LogP contribution is -2.16. The molecule has 0 aliphatic carbocycles. The van der Waals surface area contributed by atoms with Crippen LogP contribution in [0.1, 0.15) is 26.3 Å². The van der Waals surface area contributed by atoms with Gasteiger partial charge >= 0.3 is 0 Å². The Labute approximate surface area is 196 Å². The number of thioether (sulfide) groups is 1. The van der Waals surface area contributed by atoms with E-state index in [-0.39, 0.29) is 22.9 Å². The molecule has 3 aromatic carbocycles. The number of anilines is 1. The number of rotatable bonds is 6. The van der Waals surface area contributed by atoms with Gasteiger partial charge in [0.2, 0.25) is 11.7 Å². The Kier molecular flexibility index (Phi) is 6.55. The van der Waals surface area contributed by atoms with E-state index in [2.05, 4.69) is 46.7 Å².